The van der Waals surface area contributed by atoms with Gasteiger partial charge in [-0.1, -0.05) is 6.92 Å². The lowest BCUT2D eigenvalue weighted by Crippen LogP contribution is -2.51. The van der Waals surface area contributed by atoms with Crippen molar-refractivity contribution in [1.82, 2.24) is 4.90 Å². The summed E-state index contributed by atoms with van der Waals surface area (Å²) < 4.78 is 24.4. The summed E-state index contributed by atoms with van der Waals surface area (Å²) in [6.45, 7) is 4.77. The van der Waals surface area contributed by atoms with Crippen LogP contribution < -0.4 is 0 Å². The maximum absolute atomic E-state index is 12.2. The van der Waals surface area contributed by atoms with Crippen molar-refractivity contribution in [1.29, 1.82) is 0 Å². The molecule has 0 aliphatic carbocycles. The van der Waals surface area contributed by atoms with Crippen LogP contribution in [0.5, 0.6) is 0 Å². The summed E-state index contributed by atoms with van der Waals surface area (Å²) in [4.78, 5) is 1.88. The fourth-order valence-electron chi connectivity index (χ4n) is 1.80. The molecule has 2 atom stereocenters. The molecule has 0 bridgehead atoms. The van der Waals surface area contributed by atoms with Crippen LogP contribution in [0, 0.1) is 5.92 Å². The van der Waals surface area contributed by atoms with Gasteiger partial charge in [-0.25, -0.2) is 8.78 Å². The van der Waals surface area contributed by atoms with Crippen LogP contribution in [0.4, 0.5) is 8.78 Å². The minimum atomic E-state index is -2.24. The summed E-state index contributed by atoms with van der Waals surface area (Å²) >= 11 is 0. The highest BCUT2D eigenvalue weighted by atomic mass is 19.3. The molecule has 16 heavy (non-hydrogen) atoms. The number of aliphatic hydroxyl groups is 2. The van der Waals surface area contributed by atoms with Crippen molar-refractivity contribution in [3.8, 4) is 0 Å². The van der Waals surface area contributed by atoms with Gasteiger partial charge in [-0.3, -0.25) is 0 Å². The molecule has 0 aromatic rings. The number of halogens is 2. The average Bonchev–Trinajstić information content (AvgIpc) is 2.14. The van der Waals surface area contributed by atoms with Gasteiger partial charge in [0, 0.05) is 25.6 Å². The molecule has 1 unspecified atom stereocenters. The van der Waals surface area contributed by atoms with Crippen LogP contribution in [-0.4, -0.2) is 52.9 Å². The van der Waals surface area contributed by atoms with Crippen LogP contribution in [-0.2, 0) is 0 Å². The number of hydrogen-bond donors (Lipinski definition) is 2. The Balaban J connectivity index is 2.18. The molecule has 1 aliphatic rings. The van der Waals surface area contributed by atoms with Gasteiger partial charge < -0.3 is 15.1 Å². The lowest BCUT2D eigenvalue weighted by Gasteiger charge is -2.40. The predicted octanol–water partition coefficient (Wildman–Crippen LogP) is 1.10. The van der Waals surface area contributed by atoms with Gasteiger partial charge in [-0.05, 0) is 19.8 Å². The smallest absolute Gasteiger partial charge is 0.243 e. The Morgan fingerprint density at radius 3 is 2.44 bits per heavy atom. The third kappa shape index (κ3) is 3.37. The number of hydrogen-bond acceptors (Lipinski definition) is 3. The van der Waals surface area contributed by atoms with E-state index in [1.165, 1.54) is 0 Å². The second-order valence-corrected chi connectivity index (χ2v) is 4.87. The van der Waals surface area contributed by atoms with Crippen LogP contribution in [0.1, 0.15) is 26.7 Å². The Labute approximate surface area is 95.1 Å². The maximum Gasteiger partial charge on any atom is 0.243 e. The zero-order valence-corrected chi connectivity index (χ0v) is 9.87. The summed E-state index contributed by atoms with van der Waals surface area (Å²) in [6, 6.07) is 0. The van der Waals surface area contributed by atoms with Gasteiger partial charge in [0.15, 0.2) is 0 Å². The molecule has 1 aliphatic heterocycles. The zero-order valence-electron chi connectivity index (χ0n) is 9.87. The molecule has 3 nitrogen and oxygen atoms in total. The van der Waals surface area contributed by atoms with Crippen LogP contribution >= 0.6 is 0 Å². The van der Waals surface area contributed by atoms with Gasteiger partial charge >= 0.3 is 0 Å². The molecular weight excluding hydrogens is 216 g/mol. The first-order valence-electron chi connectivity index (χ1n) is 5.77. The predicted molar refractivity (Wildman–Crippen MR) is 57.5 cm³/mol. The Hall–Kier alpha value is -0.260. The molecule has 96 valence electrons. The Morgan fingerprint density at radius 2 is 2.00 bits per heavy atom. The molecule has 1 heterocycles. The maximum atomic E-state index is 12.2. The molecule has 0 spiro atoms. The van der Waals surface area contributed by atoms with Crippen molar-refractivity contribution < 1.29 is 19.0 Å². The summed E-state index contributed by atoms with van der Waals surface area (Å²) in [5.41, 5.74) is -1.08. The standard InChI is InChI=1S/C11H21F2NO2/c1-3-11(2,16)9(15)4-5-14-6-8(7-14)10(12)13/h8-10,15-16H,3-7H2,1-2H3/t9-,11?/m1/s1. The molecule has 0 aromatic heterocycles. The van der Waals surface area contributed by atoms with Crippen molar-refractivity contribution in [2.24, 2.45) is 5.92 Å². The summed E-state index contributed by atoms with van der Waals surface area (Å²) in [7, 11) is 0. The van der Waals surface area contributed by atoms with Gasteiger partial charge in [0.2, 0.25) is 6.43 Å². The number of likely N-dealkylation sites (tertiary alicyclic amines) is 1. The van der Waals surface area contributed by atoms with Crippen molar-refractivity contribution in [2.75, 3.05) is 19.6 Å². The van der Waals surface area contributed by atoms with E-state index in [4.69, 9.17) is 0 Å². The quantitative estimate of drug-likeness (QED) is 0.727. The van der Waals surface area contributed by atoms with E-state index in [0.717, 1.165) is 0 Å². The van der Waals surface area contributed by atoms with Crippen LogP contribution in [0.2, 0.25) is 0 Å². The highest BCUT2D eigenvalue weighted by Crippen LogP contribution is 2.24. The van der Waals surface area contributed by atoms with Gasteiger partial charge in [0.05, 0.1) is 11.7 Å². The van der Waals surface area contributed by atoms with E-state index < -0.39 is 24.0 Å². The van der Waals surface area contributed by atoms with E-state index in [2.05, 4.69) is 0 Å². The first-order valence-corrected chi connectivity index (χ1v) is 5.77. The number of rotatable bonds is 6. The van der Waals surface area contributed by atoms with Gasteiger partial charge in [0.25, 0.3) is 0 Å². The second kappa shape index (κ2) is 5.38. The Bertz CT molecular complexity index is 218. The van der Waals surface area contributed by atoms with Crippen molar-refractivity contribution in [3.05, 3.63) is 0 Å². The number of nitrogens with zero attached hydrogens (tertiary/aromatic N) is 1. The van der Waals surface area contributed by atoms with E-state index in [0.29, 0.717) is 32.5 Å². The van der Waals surface area contributed by atoms with E-state index in [9.17, 15) is 19.0 Å². The summed E-state index contributed by atoms with van der Waals surface area (Å²) in [5, 5.41) is 19.4. The summed E-state index contributed by atoms with van der Waals surface area (Å²) in [6.07, 6.45) is -2.12. The molecule has 2 N–H and O–H groups in total. The first-order chi connectivity index (χ1) is 7.36. The minimum absolute atomic E-state index is 0.401. The second-order valence-electron chi connectivity index (χ2n) is 4.87. The van der Waals surface area contributed by atoms with E-state index in [1.54, 1.807) is 13.8 Å². The average molecular weight is 237 g/mol. The topological polar surface area (TPSA) is 43.7 Å². The largest absolute Gasteiger partial charge is 0.390 e. The molecular formula is C11H21F2NO2. The Morgan fingerprint density at radius 1 is 1.44 bits per heavy atom. The monoisotopic (exact) mass is 237 g/mol. The van der Waals surface area contributed by atoms with Gasteiger partial charge in [-0.2, -0.15) is 0 Å². The van der Waals surface area contributed by atoms with Gasteiger partial charge in [-0.15, -0.1) is 0 Å². The van der Waals surface area contributed by atoms with E-state index in [1.807, 2.05) is 4.90 Å². The first kappa shape index (κ1) is 13.8. The van der Waals surface area contributed by atoms with Crippen molar-refractivity contribution in [3.63, 3.8) is 0 Å². The highest BCUT2D eigenvalue weighted by Gasteiger charge is 2.35. The number of aliphatic hydroxyl groups excluding tert-OH is 1. The molecule has 1 fully saturated rings. The molecule has 1 saturated heterocycles. The molecule has 0 aromatic carbocycles. The zero-order chi connectivity index (χ0) is 12.3. The van der Waals surface area contributed by atoms with Crippen molar-refractivity contribution >= 4 is 0 Å². The van der Waals surface area contributed by atoms with E-state index >= 15 is 0 Å². The lowest BCUT2D eigenvalue weighted by atomic mass is 9.92. The fraction of sp³-hybridized carbons (Fsp3) is 1.00. The van der Waals surface area contributed by atoms with Crippen molar-refractivity contribution in [2.45, 2.75) is 44.8 Å². The third-order valence-corrected chi connectivity index (χ3v) is 3.49. The SMILES string of the molecule is CCC(C)(O)[C@H](O)CCN1CC(C(F)F)C1. The molecule has 0 amide bonds. The normalized spacial score (nSPS) is 24.2. The third-order valence-electron chi connectivity index (χ3n) is 3.49. The molecule has 0 radical (unpaired) electrons. The van der Waals surface area contributed by atoms with E-state index in [-0.39, 0.29) is 0 Å². The molecule has 1 rings (SSSR count). The molecule has 0 saturated carbocycles. The number of alkyl halides is 2. The summed E-state index contributed by atoms with van der Waals surface area (Å²) in [5.74, 6) is -0.510. The highest BCUT2D eigenvalue weighted by molar-refractivity contribution is 4.85. The van der Waals surface area contributed by atoms with Crippen LogP contribution in [0.3, 0.4) is 0 Å². The minimum Gasteiger partial charge on any atom is -0.390 e. The fourth-order valence-corrected chi connectivity index (χ4v) is 1.80. The van der Waals surface area contributed by atoms with Crippen LogP contribution in [0.25, 0.3) is 0 Å². The van der Waals surface area contributed by atoms with Crippen LogP contribution in [0.15, 0.2) is 0 Å². The molecule has 5 heteroatoms. The van der Waals surface area contributed by atoms with Gasteiger partial charge in [0.1, 0.15) is 0 Å². The lowest BCUT2D eigenvalue weighted by molar-refractivity contribution is -0.0790. The Kier molecular flexibility index (Phi) is 4.64.